The number of hydrogen-bond donors (Lipinski definition) is 1. The van der Waals surface area contributed by atoms with Gasteiger partial charge in [-0.15, -0.1) is 10.2 Å². The first-order chi connectivity index (χ1) is 10.1. The fourth-order valence-corrected chi connectivity index (χ4v) is 1.82. The third kappa shape index (κ3) is 6.25. The van der Waals surface area contributed by atoms with Crippen LogP contribution in [0.5, 0.6) is 11.5 Å². The molecule has 1 aromatic carbocycles. The molecule has 22 heavy (non-hydrogen) atoms. The average molecular weight is 331 g/mol. The van der Waals surface area contributed by atoms with Crippen LogP contribution in [0.2, 0.25) is 0 Å². The number of aryl methyl sites for hydroxylation is 2. The molecule has 0 spiro atoms. The van der Waals surface area contributed by atoms with Gasteiger partial charge in [0.2, 0.25) is 0 Å². The third-order valence-corrected chi connectivity index (χ3v) is 2.55. The van der Waals surface area contributed by atoms with Crippen molar-refractivity contribution in [3.05, 3.63) is 41.9 Å². The van der Waals surface area contributed by atoms with Gasteiger partial charge < -0.3 is 9.84 Å². The van der Waals surface area contributed by atoms with Crippen LogP contribution in [-0.4, -0.2) is 12.2 Å². The molecule has 0 aliphatic carbocycles. The highest BCUT2D eigenvalue weighted by atomic mass is 35.7. The molecule has 0 aliphatic rings. The van der Waals surface area contributed by atoms with E-state index in [-0.39, 0.29) is 5.75 Å². The molecule has 2 rings (SSSR count). The van der Waals surface area contributed by atoms with E-state index in [4.69, 9.17) is 27.8 Å². The van der Waals surface area contributed by atoms with Crippen molar-refractivity contribution in [3.63, 3.8) is 0 Å². The molecule has 0 unspecified atom stereocenters. The maximum Gasteiger partial charge on any atom is 0.327 e. The fourth-order valence-electron chi connectivity index (χ4n) is 1.82. The maximum atomic E-state index is 9.55. The van der Waals surface area contributed by atoms with Gasteiger partial charge in [-0.2, -0.15) is 0 Å². The number of phenols is 1. The smallest absolute Gasteiger partial charge is 0.327 e. The second kappa shape index (κ2) is 7.39. The Morgan fingerprint density at radius 2 is 1.45 bits per heavy atom. The van der Waals surface area contributed by atoms with Crippen LogP contribution in [0.1, 0.15) is 11.5 Å². The molecule has 1 aromatic heterocycles. The minimum Gasteiger partial charge on any atom is -0.504 e. The minimum atomic E-state index is -4.94. The molecule has 0 amide bonds. The van der Waals surface area contributed by atoms with Gasteiger partial charge in [-0.25, -0.2) is 23.1 Å². The lowest BCUT2D eigenvalue weighted by Gasteiger charge is -2.17. The molecule has 0 atom stereocenters. The minimum absolute atomic E-state index is 0.144. The first-order valence-corrected chi connectivity index (χ1v) is 7.24. The SMILES string of the molecule is COc1cc(-c2cc(C)[o+]c(C)c2)ccc1O.[O-][Cl+3]([O-])([O-])[O-]. The molecule has 120 valence electrons. The second-order valence-corrected chi connectivity index (χ2v) is 5.09. The monoisotopic (exact) mass is 330 g/mol. The van der Waals surface area contributed by atoms with E-state index in [0.717, 1.165) is 22.6 Å². The molecule has 7 nitrogen and oxygen atoms in total. The zero-order valence-corrected chi connectivity index (χ0v) is 12.9. The summed E-state index contributed by atoms with van der Waals surface area (Å²) < 4.78 is 44.5. The van der Waals surface area contributed by atoms with Crippen LogP contribution in [0.3, 0.4) is 0 Å². The number of benzene rings is 1. The van der Waals surface area contributed by atoms with Crippen LogP contribution < -0.4 is 23.4 Å². The summed E-state index contributed by atoms with van der Waals surface area (Å²) in [5, 5.41) is 9.55. The number of hydrogen-bond acceptors (Lipinski definition) is 6. The lowest BCUT2D eigenvalue weighted by atomic mass is 10.1. The standard InChI is InChI=1S/C14H14O3.ClHO4/c1-9-6-12(7-10(2)17-9)11-4-5-13(15)14(8-11)16-3;2-1(3,4)5/h4-8H,1-3H3;(H,2,3,4,5). The lowest BCUT2D eigenvalue weighted by Crippen LogP contribution is -2.68. The number of phenolic OH excluding ortho intramolecular Hbond substituents is 1. The number of methoxy groups -OCH3 is 1. The van der Waals surface area contributed by atoms with Crippen LogP contribution >= 0.6 is 0 Å². The molecular formula is C14H15ClO7. The van der Waals surface area contributed by atoms with Crippen molar-refractivity contribution in [1.82, 2.24) is 0 Å². The van der Waals surface area contributed by atoms with E-state index in [0.29, 0.717) is 5.75 Å². The van der Waals surface area contributed by atoms with Gasteiger partial charge in [0.15, 0.2) is 11.5 Å². The second-order valence-electron chi connectivity index (χ2n) is 4.33. The largest absolute Gasteiger partial charge is 0.504 e. The van der Waals surface area contributed by atoms with E-state index < -0.39 is 10.2 Å². The topological polar surface area (TPSA) is 133 Å². The van der Waals surface area contributed by atoms with E-state index in [2.05, 4.69) is 0 Å². The van der Waals surface area contributed by atoms with E-state index in [1.807, 2.05) is 38.1 Å². The van der Waals surface area contributed by atoms with E-state index >= 15 is 0 Å². The number of halogens is 1. The Balaban J connectivity index is 0.000000422. The Hall–Kier alpha value is -1.90. The van der Waals surface area contributed by atoms with Crippen molar-refractivity contribution < 1.29 is 43.1 Å². The molecular weight excluding hydrogens is 316 g/mol. The van der Waals surface area contributed by atoms with Crippen LogP contribution in [-0.2, 0) is 0 Å². The number of ether oxygens (including phenoxy) is 1. The zero-order valence-electron chi connectivity index (χ0n) is 12.2. The number of rotatable bonds is 2. The Bertz CT molecular complexity index is 611. The van der Waals surface area contributed by atoms with Crippen molar-refractivity contribution in [2.45, 2.75) is 13.8 Å². The van der Waals surface area contributed by atoms with Gasteiger partial charge in [0.05, 0.1) is 21.0 Å². The maximum absolute atomic E-state index is 9.55. The van der Waals surface area contributed by atoms with Crippen LogP contribution in [0.25, 0.3) is 11.1 Å². The summed E-state index contributed by atoms with van der Waals surface area (Å²) in [5.41, 5.74) is 2.03. The van der Waals surface area contributed by atoms with Gasteiger partial charge in [-0.3, -0.25) is 0 Å². The summed E-state index contributed by atoms with van der Waals surface area (Å²) in [5.74, 6) is 2.32. The van der Waals surface area contributed by atoms with Gasteiger partial charge in [0, 0.05) is 12.1 Å². The van der Waals surface area contributed by atoms with Gasteiger partial charge in [-0.05, 0) is 23.3 Å². The quantitative estimate of drug-likeness (QED) is 0.684. The van der Waals surface area contributed by atoms with E-state index in [1.165, 1.54) is 7.11 Å². The molecule has 0 saturated heterocycles. The summed E-state index contributed by atoms with van der Waals surface area (Å²) >= 11 is 0. The summed E-state index contributed by atoms with van der Waals surface area (Å²) in [6, 6.07) is 9.20. The van der Waals surface area contributed by atoms with Gasteiger partial charge in [0.25, 0.3) is 0 Å². The molecule has 0 aliphatic heterocycles. The molecule has 2 aromatic rings. The zero-order chi connectivity index (χ0) is 16.9. The normalized spacial score (nSPS) is 10.7. The summed E-state index contributed by atoms with van der Waals surface area (Å²) in [7, 11) is -3.41. The Morgan fingerprint density at radius 3 is 1.91 bits per heavy atom. The predicted octanol–water partition coefficient (Wildman–Crippen LogP) is -1.20. The molecule has 0 saturated carbocycles. The van der Waals surface area contributed by atoms with Crippen LogP contribution in [0, 0.1) is 24.1 Å². The highest BCUT2D eigenvalue weighted by Gasteiger charge is 2.11. The lowest BCUT2D eigenvalue weighted by molar-refractivity contribution is -2.00. The van der Waals surface area contributed by atoms with Crippen LogP contribution in [0.15, 0.2) is 34.7 Å². The molecule has 1 heterocycles. The van der Waals surface area contributed by atoms with Crippen molar-refractivity contribution in [1.29, 1.82) is 0 Å². The molecule has 0 fully saturated rings. The molecule has 1 N–H and O–H groups in total. The number of aromatic hydroxyl groups is 1. The average Bonchev–Trinajstić information content (AvgIpc) is 2.36. The first kappa shape index (κ1) is 18.1. The van der Waals surface area contributed by atoms with Crippen LogP contribution in [0.4, 0.5) is 0 Å². The van der Waals surface area contributed by atoms with Crippen molar-refractivity contribution in [2.24, 2.45) is 0 Å². The van der Waals surface area contributed by atoms with Gasteiger partial charge >= 0.3 is 11.5 Å². The third-order valence-electron chi connectivity index (χ3n) is 2.55. The first-order valence-electron chi connectivity index (χ1n) is 6.00. The fraction of sp³-hybridized carbons (Fsp3) is 0.214. The Labute approximate surface area is 129 Å². The Morgan fingerprint density at radius 1 is 0.955 bits per heavy atom. The summed E-state index contributed by atoms with van der Waals surface area (Å²) in [6.45, 7) is 3.82. The highest BCUT2D eigenvalue weighted by Crippen LogP contribution is 2.32. The molecule has 8 heteroatoms. The van der Waals surface area contributed by atoms with Gasteiger partial charge in [0.1, 0.15) is 0 Å². The highest BCUT2D eigenvalue weighted by molar-refractivity contribution is 5.67. The van der Waals surface area contributed by atoms with Gasteiger partial charge in [-0.1, -0.05) is 6.07 Å². The van der Waals surface area contributed by atoms with Crippen molar-refractivity contribution in [3.8, 4) is 22.6 Å². The Kier molecular flexibility index (Phi) is 6.10. The van der Waals surface area contributed by atoms with Crippen molar-refractivity contribution in [2.75, 3.05) is 7.11 Å². The van der Waals surface area contributed by atoms with E-state index in [1.54, 1.807) is 6.07 Å². The predicted molar refractivity (Wildman–Crippen MR) is 66.2 cm³/mol. The molecule has 0 bridgehead atoms. The summed E-state index contributed by atoms with van der Waals surface area (Å²) in [6.07, 6.45) is 0. The van der Waals surface area contributed by atoms with E-state index in [9.17, 15) is 5.11 Å². The summed E-state index contributed by atoms with van der Waals surface area (Å²) in [4.78, 5) is 0. The molecule has 0 radical (unpaired) electrons. The van der Waals surface area contributed by atoms with Crippen molar-refractivity contribution >= 4 is 0 Å².